The third kappa shape index (κ3) is 5.23. The Morgan fingerprint density at radius 2 is 1.92 bits per heavy atom. The maximum atomic E-state index is 12.3. The van der Waals surface area contributed by atoms with Crippen molar-refractivity contribution in [2.75, 3.05) is 23.4 Å². The Morgan fingerprint density at radius 3 is 2.54 bits per heavy atom. The highest BCUT2D eigenvalue weighted by Gasteiger charge is 2.12. The van der Waals surface area contributed by atoms with Gasteiger partial charge in [-0.3, -0.25) is 9.52 Å². The first kappa shape index (κ1) is 18.3. The quantitative estimate of drug-likeness (QED) is 0.820. The van der Waals surface area contributed by atoms with Gasteiger partial charge in [-0.15, -0.1) is 0 Å². The van der Waals surface area contributed by atoms with Crippen LogP contribution in [0.1, 0.15) is 15.9 Å². The Morgan fingerprint density at radius 1 is 1.17 bits per heavy atom. The van der Waals surface area contributed by atoms with Crippen molar-refractivity contribution in [1.29, 1.82) is 0 Å². The molecule has 0 unspecified atom stereocenters. The molecular weight excluding hydrogens is 352 g/mol. The minimum atomic E-state index is -3.41. The smallest absolute Gasteiger partial charge is 0.257 e. The summed E-state index contributed by atoms with van der Waals surface area (Å²) in [6.07, 6.45) is 1.04. The van der Waals surface area contributed by atoms with Crippen LogP contribution in [0, 0.1) is 0 Å². The van der Waals surface area contributed by atoms with Gasteiger partial charge >= 0.3 is 0 Å². The molecular formula is C16H17ClN2O4S. The monoisotopic (exact) mass is 368 g/mol. The molecule has 0 fully saturated rings. The van der Waals surface area contributed by atoms with Gasteiger partial charge in [-0.1, -0.05) is 23.7 Å². The average molecular weight is 369 g/mol. The SMILES string of the molecule is COCc1cccc(NC(=O)c2ccc(NS(C)(=O)=O)cc2Cl)c1. The molecule has 0 aromatic heterocycles. The summed E-state index contributed by atoms with van der Waals surface area (Å²) in [5.41, 5.74) is 2.08. The number of ether oxygens (including phenoxy) is 1. The van der Waals surface area contributed by atoms with Crippen molar-refractivity contribution in [3.05, 3.63) is 58.6 Å². The van der Waals surface area contributed by atoms with Crippen LogP contribution in [0.3, 0.4) is 0 Å². The molecule has 0 radical (unpaired) electrons. The van der Waals surface area contributed by atoms with Crippen LogP contribution in [-0.4, -0.2) is 27.7 Å². The number of halogens is 1. The molecule has 0 saturated carbocycles. The van der Waals surface area contributed by atoms with Gasteiger partial charge in [0, 0.05) is 18.5 Å². The van der Waals surface area contributed by atoms with Crippen molar-refractivity contribution in [3.8, 4) is 0 Å². The highest BCUT2D eigenvalue weighted by Crippen LogP contribution is 2.23. The second kappa shape index (κ2) is 7.65. The number of sulfonamides is 1. The molecule has 128 valence electrons. The Kier molecular flexibility index (Phi) is 5.82. The van der Waals surface area contributed by atoms with Crippen LogP contribution in [-0.2, 0) is 21.4 Å². The van der Waals surface area contributed by atoms with Crippen molar-refractivity contribution < 1.29 is 17.9 Å². The highest BCUT2D eigenvalue weighted by atomic mass is 35.5. The van der Waals surface area contributed by atoms with E-state index in [4.69, 9.17) is 16.3 Å². The van der Waals surface area contributed by atoms with E-state index in [0.717, 1.165) is 11.8 Å². The lowest BCUT2D eigenvalue weighted by molar-refractivity contribution is 0.102. The Hall–Kier alpha value is -2.09. The summed E-state index contributed by atoms with van der Waals surface area (Å²) in [5.74, 6) is -0.388. The predicted molar refractivity (Wildman–Crippen MR) is 95.0 cm³/mol. The van der Waals surface area contributed by atoms with Crippen LogP contribution in [0.2, 0.25) is 5.02 Å². The summed E-state index contributed by atoms with van der Waals surface area (Å²) in [6, 6.07) is 11.6. The minimum Gasteiger partial charge on any atom is -0.380 e. The second-order valence-electron chi connectivity index (χ2n) is 5.16. The van der Waals surface area contributed by atoms with Gasteiger partial charge < -0.3 is 10.1 Å². The fourth-order valence-electron chi connectivity index (χ4n) is 2.08. The Balaban J connectivity index is 2.16. The van der Waals surface area contributed by atoms with Gasteiger partial charge in [-0.05, 0) is 35.9 Å². The zero-order chi connectivity index (χ0) is 17.7. The van der Waals surface area contributed by atoms with Crippen LogP contribution in [0.4, 0.5) is 11.4 Å². The molecule has 0 saturated heterocycles. The summed E-state index contributed by atoms with van der Waals surface area (Å²) < 4.78 is 29.8. The standard InChI is InChI=1S/C16H17ClN2O4S/c1-23-10-11-4-3-5-12(8-11)18-16(20)14-7-6-13(9-15(14)17)19-24(2,21)22/h3-9,19H,10H2,1-2H3,(H,18,20). The molecule has 2 aromatic rings. The number of hydrogen-bond acceptors (Lipinski definition) is 4. The number of carbonyl (C=O) groups excluding carboxylic acids is 1. The second-order valence-corrected chi connectivity index (χ2v) is 7.31. The number of anilines is 2. The van der Waals surface area contributed by atoms with E-state index in [1.807, 2.05) is 12.1 Å². The van der Waals surface area contributed by atoms with Crippen LogP contribution in [0.25, 0.3) is 0 Å². The van der Waals surface area contributed by atoms with Gasteiger partial charge in [-0.25, -0.2) is 8.42 Å². The summed E-state index contributed by atoms with van der Waals surface area (Å²) in [7, 11) is -1.81. The molecule has 24 heavy (non-hydrogen) atoms. The number of carbonyl (C=O) groups is 1. The summed E-state index contributed by atoms with van der Waals surface area (Å²) in [5, 5.41) is 2.90. The maximum absolute atomic E-state index is 12.3. The van der Waals surface area contributed by atoms with Gasteiger partial charge in [0.1, 0.15) is 0 Å². The lowest BCUT2D eigenvalue weighted by Gasteiger charge is -2.10. The number of rotatable bonds is 6. The molecule has 0 heterocycles. The van der Waals surface area contributed by atoms with E-state index >= 15 is 0 Å². The lowest BCUT2D eigenvalue weighted by Crippen LogP contribution is -2.14. The summed E-state index contributed by atoms with van der Waals surface area (Å²) in [6.45, 7) is 0.441. The number of benzene rings is 2. The molecule has 0 aliphatic carbocycles. The van der Waals surface area contributed by atoms with E-state index < -0.39 is 10.0 Å². The summed E-state index contributed by atoms with van der Waals surface area (Å²) in [4.78, 5) is 12.3. The van der Waals surface area contributed by atoms with Crippen LogP contribution >= 0.6 is 11.6 Å². The molecule has 6 nitrogen and oxygen atoms in total. The van der Waals surface area contributed by atoms with Crippen molar-refractivity contribution in [1.82, 2.24) is 0 Å². The Bertz CT molecular complexity index is 853. The van der Waals surface area contributed by atoms with Crippen LogP contribution in [0.5, 0.6) is 0 Å². The molecule has 2 N–H and O–H groups in total. The number of nitrogens with one attached hydrogen (secondary N) is 2. The fourth-order valence-corrected chi connectivity index (χ4v) is 2.90. The van der Waals surface area contributed by atoms with Crippen molar-refractivity contribution in [2.45, 2.75) is 6.61 Å². The molecule has 0 bridgehead atoms. The molecule has 8 heteroatoms. The molecule has 0 spiro atoms. The number of amides is 1. The predicted octanol–water partition coefficient (Wildman–Crippen LogP) is 3.11. The van der Waals surface area contributed by atoms with E-state index in [1.165, 1.54) is 18.2 Å². The first-order chi connectivity index (χ1) is 11.3. The normalized spacial score (nSPS) is 11.1. The number of hydrogen-bond donors (Lipinski definition) is 2. The van der Waals surface area contributed by atoms with Gasteiger partial charge in [0.2, 0.25) is 10.0 Å². The molecule has 2 rings (SSSR count). The topological polar surface area (TPSA) is 84.5 Å². The average Bonchev–Trinajstić information content (AvgIpc) is 2.46. The van der Waals surface area contributed by atoms with Crippen LogP contribution in [0.15, 0.2) is 42.5 Å². The van der Waals surface area contributed by atoms with E-state index in [9.17, 15) is 13.2 Å². The first-order valence-corrected chi connectivity index (χ1v) is 9.22. The van der Waals surface area contributed by atoms with Crippen LogP contribution < -0.4 is 10.0 Å². The van der Waals surface area contributed by atoms with Gasteiger partial charge in [-0.2, -0.15) is 0 Å². The minimum absolute atomic E-state index is 0.147. The summed E-state index contributed by atoms with van der Waals surface area (Å²) >= 11 is 6.08. The van der Waals surface area contributed by atoms with E-state index in [-0.39, 0.29) is 16.5 Å². The zero-order valence-electron chi connectivity index (χ0n) is 13.2. The maximum Gasteiger partial charge on any atom is 0.257 e. The third-order valence-corrected chi connectivity index (χ3v) is 3.93. The van der Waals surface area contributed by atoms with E-state index in [2.05, 4.69) is 10.0 Å². The molecule has 0 aliphatic heterocycles. The van der Waals surface area contributed by atoms with E-state index in [1.54, 1.807) is 19.2 Å². The van der Waals surface area contributed by atoms with Crippen molar-refractivity contribution in [3.63, 3.8) is 0 Å². The molecule has 1 amide bonds. The van der Waals surface area contributed by atoms with Gasteiger partial charge in [0.25, 0.3) is 5.91 Å². The largest absolute Gasteiger partial charge is 0.380 e. The molecule has 2 aromatic carbocycles. The van der Waals surface area contributed by atoms with Gasteiger partial charge in [0.05, 0.1) is 23.4 Å². The van der Waals surface area contributed by atoms with Crippen molar-refractivity contribution >= 4 is 38.9 Å². The van der Waals surface area contributed by atoms with E-state index in [0.29, 0.717) is 18.0 Å². The van der Waals surface area contributed by atoms with Gasteiger partial charge in [0.15, 0.2) is 0 Å². The zero-order valence-corrected chi connectivity index (χ0v) is 14.7. The lowest BCUT2D eigenvalue weighted by atomic mass is 10.1. The van der Waals surface area contributed by atoms with Crippen molar-refractivity contribution in [2.24, 2.45) is 0 Å². The first-order valence-electron chi connectivity index (χ1n) is 6.95. The third-order valence-electron chi connectivity index (χ3n) is 3.01. The molecule has 0 atom stereocenters. The fraction of sp³-hybridized carbons (Fsp3) is 0.188. The Labute approximate surface area is 145 Å². The molecule has 0 aliphatic rings. The highest BCUT2D eigenvalue weighted by molar-refractivity contribution is 7.92. The number of methoxy groups -OCH3 is 1.